The van der Waals surface area contributed by atoms with Gasteiger partial charge >= 0.3 is 0 Å². The van der Waals surface area contributed by atoms with Gasteiger partial charge in [0, 0.05) is 19.4 Å². The first-order valence-corrected chi connectivity index (χ1v) is 9.45. The van der Waals surface area contributed by atoms with Crippen LogP contribution in [0.15, 0.2) is 58.6 Å². The zero-order chi connectivity index (χ0) is 19.7. The van der Waals surface area contributed by atoms with E-state index in [1.807, 2.05) is 24.6 Å². The van der Waals surface area contributed by atoms with Crippen LogP contribution < -0.4 is 5.32 Å². The quantitative estimate of drug-likeness (QED) is 0.551. The maximum atomic E-state index is 13.8. The lowest BCUT2D eigenvalue weighted by Crippen LogP contribution is -2.31. The monoisotopic (exact) mass is 396 g/mol. The second-order valence-electron chi connectivity index (χ2n) is 6.26. The number of nitrogens with one attached hydrogen (secondary N) is 1. The normalized spacial score (nSPS) is 12.1. The van der Waals surface area contributed by atoms with Crippen molar-refractivity contribution < 1.29 is 13.6 Å². The molecule has 1 N–H and O–H groups in total. The number of hydrogen-bond donors (Lipinski definition) is 1. The number of nitrogens with zero attached hydrogens (tertiary/aromatic N) is 3. The average Bonchev–Trinajstić information content (AvgIpc) is 3.40. The van der Waals surface area contributed by atoms with Crippen LogP contribution in [0.2, 0.25) is 0 Å². The standard InChI is InChI=1S/C20H17FN4O2S/c1-12-16(24-20(27-12)15-7-4-10-28-15)19(26)23-17(18-22-8-9-25(18)2)13-5-3-6-14(21)11-13/h3-11,17H,1-2H3,(H,23,26). The van der Waals surface area contributed by atoms with Crippen LogP contribution in [-0.4, -0.2) is 20.4 Å². The van der Waals surface area contributed by atoms with Crippen molar-refractivity contribution in [2.24, 2.45) is 7.05 Å². The Hall–Kier alpha value is -3.26. The highest BCUT2D eigenvalue weighted by molar-refractivity contribution is 7.13. The lowest BCUT2D eigenvalue weighted by molar-refractivity contribution is 0.0935. The first-order chi connectivity index (χ1) is 13.5. The molecule has 8 heteroatoms. The van der Waals surface area contributed by atoms with E-state index in [9.17, 15) is 9.18 Å². The van der Waals surface area contributed by atoms with Gasteiger partial charge in [0.1, 0.15) is 23.4 Å². The molecule has 28 heavy (non-hydrogen) atoms. The van der Waals surface area contributed by atoms with Crippen molar-refractivity contribution in [2.75, 3.05) is 0 Å². The van der Waals surface area contributed by atoms with Gasteiger partial charge in [-0.15, -0.1) is 11.3 Å². The summed E-state index contributed by atoms with van der Waals surface area (Å²) in [7, 11) is 1.82. The van der Waals surface area contributed by atoms with Crippen LogP contribution in [0, 0.1) is 12.7 Å². The third-order valence-electron chi connectivity index (χ3n) is 4.32. The fourth-order valence-corrected chi connectivity index (χ4v) is 3.60. The van der Waals surface area contributed by atoms with Crippen LogP contribution in [0.4, 0.5) is 4.39 Å². The Morgan fingerprint density at radius 1 is 1.32 bits per heavy atom. The first-order valence-electron chi connectivity index (χ1n) is 8.58. The van der Waals surface area contributed by atoms with Crippen LogP contribution in [0.1, 0.15) is 33.7 Å². The van der Waals surface area contributed by atoms with Crippen molar-refractivity contribution in [1.29, 1.82) is 0 Å². The number of benzene rings is 1. The van der Waals surface area contributed by atoms with Crippen molar-refractivity contribution in [3.8, 4) is 10.8 Å². The minimum absolute atomic E-state index is 0.194. The minimum Gasteiger partial charge on any atom is -0.440 e. The van der Waals surface area contributed by atoms with Crippen LogP contribution >= 0.6 is 11.3 Å². The molecule has 3 aromatic heterocycles. The largest absolute Gasteiger partial charge is 0.440 e. The average molecular weight is 396 g/mol. The Kier molecular flexibility index (Phi) is 4.79. The molecule has 1 amide bonds. The predicted molar refractivity (Wildman–Crippen MR) is 103 cm³/mol. The molecule has 4 aromatic rings. The molecule has 0 saturated heterocycles. The summed E-state index contributed by atoms with van der Waals surface area (Å²) in [5.41, 5.74) is 0.779. The Morgan fingerprint density at radius 3 is 2.86 bits per heavy atom. The van der Waals surface area contributed by atoms with E-state index in [4.69, 9.17) is 4.42 Å². The zero-order valence-corrected chi connectivity index (χ0v) is 16.0. The van der Waals surface area contributed by atoms with Gasteiger partial charge in [-0.1, -0.05) is 18.2 Å². The van der Waals surface area contributed by atoms with E-state index in [1.54, 1.807) is 36.0 Å². The topological polar surface area (TPSA) is 73.0 Å². The van der Waals surface area contributed by atoms with Crippen molar-refractivity contribution >= 4 is 17.2 Å². The summed E-state index contributed by atoms with van der Waals surface area (Å²) < 4.78 is 21.2. The van der Waals surface area contributed by atoms with E-state index in [2.05, 4.69) is 15.3 Å². The molecule has 142 valence electrons. The molecule has 4 rings (SSSR count). The van der Waals surface area contributed by atoms with Gasteiger partial charge in [0.05, 0.1) is 4.88 Å². The second-order valence-corrected chi connectivity index (χ2v) is 7.21. The third kappa shape index (κ3) is 3.46. The van der Waals surface area contributed by atoms with E-state index in [1.165, 1.54) is 23.5 Å². The summed E-state index contributed by atoms with van der Waals surface area (Å²) >= 11 is 1.48. The van der Waals surface area contributed by atoms with Gasteiger partial charge in [-0.2, -0.15) is 0 Å². The number of aryl methyl sites for hydroxylation is 2. The molecule has 1 aromatic carbocycles. The number of imidazole rings is 1. The predicted octanol–water partition coefficient (Wildman–Crippen LogP) is 4.10. The molecule has 0 spiro atoms. The smallest absolute Gasteiger partial charge is 0.274 e. The highest BCUT2D eigenvalue weighted by atomic mass is 32.1. The molecule has 0 aliphatic rings. The molecule has 0 saturated carbocycles. The Bertz CT molecular complexity index is 1120. The molecular weight excluding hydrogens is 379 g/mol. The second kappa shape index (κ2) is 7.40. The zero-order valence-electron chi connectivity index (χ0n) is 15.2. The van der Waals surface area contributed by atoms with Gasteiger partial charge in [-0.3, -0.25) is 4.79 Å². The van der Waals surface area contributed by atoms with Crippen molar-refractivity contribution in [2.45, 2.75) is 13.0 Å². The van der Waals surface area contributed by atoms with Gasteiger partial charge in [0.25, 0.3) is 5.91 Å². The minimum atomic E-state index is -0.635. The number of halogens is 1. The van der Waals surface area contributed by atoms with Crippen molar-refractivity contribution in [3.63, 3.8) is 0 Å². The van der Waals surface area contributed by atoms with Crippen molar-refractivity contribution in [3.05, 3.63) is 82.8 Å². The highest BCUT2D eigenvalue weighted by Gasteiger charge is 2.25. The number of oxazole rings is 1. The molecule has 1 unspecified atom stereocenters. The highest BCUT2D eigenvalue weighted by Crippen LogP contribution is 2.27. The van der Waals surface area contributed by atoms with Crippen LogP contribution in [0.5, 0.6) is 0 Å². The number of carbonyl (C=O) groups is 1. The molecule has 0 fully saturated rings. The number of rotatable bonds is 5. The van der Waals surface area contributed by atoms with E-state index >= 15 is 0 Å². The van der Waals surface area contributed by atoms with E-state index in [-0.39, 0.29) is 11.5 Å². The fraction of sp³-hybridized carbons (Fsp3) is 0.150. The van der Waals surface area contributed by atoms with E-state index < -0.39 is 11.9 Å². The maximum absolute atomic E-state index is 13.8. The van der Waals surface area contributed by atoms with Crippen LogP contribution in [0.25, 0.3) is 10.8 Å². The number of thiophene rings is 1. The SMILES string of the molecule is Cc1oc(-c2cccs2)nc1C(=O)NC(c1cccc(F)c1)c1nccn1C. The lowest BCUT2D eigenvalue weighted by Gasteiger charge is -2.18. The lowest BCUT2D eigenvalue weighted by atomic mass is 10.1. The summed E-state index contributed by atoms with van der Waals surface area (Å²) in [4.78, 5) is 22.5. The molecule has 1 atom stereocenters. The molecule has 3 heterocycles. The number of aromatic nitrogens is 3. The Labute approximate surface area is 164 Å². The number of amides is 1. The first kappa shape index (κ1) is 18.1. The van der Waals surface area contributed by atoms with Gasteiger partial charge in [-0.05, 0) is 36.1 Å². The van der Waals surface area contributed by atoms with Crippen LogP contribution in [-0.2, 0) is 7.05 Å². The van der Waals surface area contributed by atoms with Gasteiger partial charge in [-0.25, -0.2) is 14.4 Å². The third-order valence-corrected chi connectivity index (χ3v) is 5.18. The van der Waals surface area contributed by atoms with Gasteiger partial charge in [0.15, 0.2) is 5.69 Å². The maximum Gasteiger partial charge on any atom is 0.274 e. The molecule has 6 nitrogen and oxygen atoms in total. The van der Waals surface area contributed by atoms with Gasteiger partial charge < -0.3 is 14.3 Å². The summed E-state index contributed by atoms with van der Waals surface area (Å²) in [5.74, 6) is 0.596. The van der Waals surface area contributed by atoms with Crippen LogP contribution in [0.3, 0.4) is 0 Å². The van der Waals surface area contributed by atoms with Gasteiger partial charge in [0.2, 0.25) is 5.89 Å². The molecular formula is C20H17FN4O2S. The Balaban J connectivity index is 1.68. The van der Waals surface area contributed by atoms with Crippen molar-refractivity contribution in [1.82, 2.24) is 19.9 Å². The summed E-state index contributed by atoms with van der Waals surface area (Å²) in [6.45, 7) is 1.69. The molecule has 0 aliphatic carbocycles. The number of carbonyl (C=O) groups excluding carboxylic acids is 1. The molecule has 0 bridgehead atoms. The van der Waals surface area contributed by atoms with E-state index in [0.29, 0.717) is 23.0 Å². The summed E-state index contributed by atoms with van der Waals surface area (Å²) in [6.07, 6.45) is 3.40. The number of hydrogen-bond acceptors (Lipinski definition) is 5. The Morgan fingerprint density at radius 2 is 2.18 bits per heavy atom. The molecule has 0 aliphatic heterocycles. The fourth-order valence-electron chi connectivity index (χ4n) is 2.95. The molecule has 0 radical (unpaired) electrons. The van der Waals surface area contributed by atoms with E-state index in [0.717, 1.165) is 4.88 Å². The summed E-state index contributed by atoms with van der Waals surface area (Å²) in [6, 6.07) is 9.21. The summed E-state index contributed by atoms with van der Waals surface area (Å²) in [5, 5.41) is 4.82.